The summed E-state index contributed by atoms with van der Waals surface area (Å²) in [6.07, 6.45) is 1.48. The smallest absolute Gasteiger partial charge is 0.257 e. The van der Waals surface area contributed by atoms with Gasteiger partial charge in [-0.3, -0.25) is 9.59 Å². The Bertz CT molecular complexity index is 1370. The van der Waals surface area contributed by atoms with Crippen LogP contribution in [0.1, 0.15) is 22.7 Å². The fraction of sp³-hybridized carbons (Fsp3) is 0.115. The molecule has 0 fully saturated rings. The van der Waals surface area contributed by atoms with Crippen molar-refractivity contribution in [2.24, 2.45) is 0 Å². The second-order valence-electron chi connectivity index (χ2n) is 7.52. The highest BCUT2D eigenvalue weighted by Gasteiger charge is 2.16. The highest BCUT2D eigenvalue weighted by Crippen LogP contribution is 2.25. The number of hydrogen-bond acceptors (Lipinski definition) is 5. The van der Waals surface area contributed by atoms with Crippen LogP contribution in [0.2, 0.25) is 0 Å². The van der Waals surface area contributed by atoms with Crippen LogP contribution in [0.5, 0.6) is 5.75 Å². The average Bonchev–Trinajstić information content (AvgIpc) is 3.32. The minimum absolute atomic E-state index is 0.0116. The minimum atomic E-state index is -0.769. The van der Waals surface area contributed by atoms with Crippen LogP contribution in [0.4, 0.5) is 20.2 Å². The first-order valence-electron chi connectivity index (χ1n) is 10.7. The maximum atomic E-state index is 13.9. The number of halogens is 2. The summed E-state index contributed by atoms with van der Waals surface area (Å²) in [5.74, 6) is -1.26. The Balaban J connectivity index is 1.38. The Morgan fingerprint density at radius 2 is 1.83 bits per heavy atom. The van der Waals surface area contributed by atoms with Crippen molar-refractivity contribution in [2.75, 3.05) is 17.7 Å². The molecular formula is C26H21F2N3O4. The summed E-state index contributed by atoms with van der Waals surface area (Å²) < 4.78 is 37.7. The van der Waals surface area contributed by atoms with Crippen molar-refractivity contribution in [1.29, 1.82) is 0 Å². The number of carbonyl (C=O) groups is 2. The number of nitrogens with zero attached hydrogens (tertiary/aromatic N) is 1. The number of nitrogens with one attached hydrogen (secondary N) is 2. The number of anilines is 2. The van der Waals surface area contributed by atoms with Gasteiger partial charge in [-0.15, -0.1) is 0 Å². The quantitative estimate of drug-likeness (QED) is 0.352. The van der Waals surface area contributed by atoms with Gasteiger partial charge < -0.3 is 19.8 Å². The van der Waals surface area contributed by atoms with Gasteiger partial charge >= 0.3 is 0 Å². The SMILES string of the molecule is COc1cccc(NC(=O)c2ccccc2NC(=O)CCc2ncc(-c3ccc(F)cc3F)o2)c1. The number of para-hydroxylation sites is 1. The number of aryl methyl sites for hydroxylation is 1. The molecule has 2 amide bonds. The number of rotatable bonds is 8. The van der Waals surface area contributed by atoms with Crippen LogP contribution in [-0.4, -0.2) is 23.9 Å². The second-order valence-corrected chi connectivity index (χ2v) is 7.52. The van der Waals surface area contributed by atoms with E-state index in [1.54, 1.807) is 48.5 Å². The molecule has 4 aromatic rings. The Labute approximate surface area is 199 Å². The van der Waals surface area contributed by atoms with Gasteiger partial charge in [0.1, 0.15) is 17.4 Å². The zero-order valence-electron chi connectivity index (χ0n) is 18.7. The molecule has 0 aliphatic carbocycles. The molecule has 178 valence electrons. The van der Waals surface area contributed by atoms with Crippen molar-refractivity contribution in [1.82, 2.24) is 4.98 Å². The first-order valence-corrected chi connectivity index (χ1v) is 10.7. The third-order valence-electron chi connectivity index (χ3n) is 5.09. The largest absolute Gasteiger partial charge is 0.497 e. The molecule has 0 saturated carbocycles. The molecule has 0 saturated heterocycles. The summed E-state index contributed by atoms with van der Waals surface area (Å²) in [5, 5.41) is 5.51. The predicted octanol–water partition coefficient (Wildman–Crippen LogP) is 5.45. The van der Waals surface area contributed by atoms with E-state index in [0.717, 1.165) is 12.1 Å². The summed E-state index contributed by atoms with van der Waals surface area (Å²) >= 11 is 0. The third kappa shape index (κ3) is 5.89. The van der Waals surface area contributed by atoms with Gasteiger partial charge in [0, 0.05) is 30.7 Å². The lowest BCUT2D eigenvalue weighted by atomic mass is 10.1. The first-order chi connectivity index (χ1) is 16.9. The van der Waals surface area contributed by atoms with Crippen molar-refractivity contribution < 1.29 is 27.5 Å². The number of aromatic nitrogens is 1. The van der Waals surface area contributed by atoms with E-state index in [2.05, 4.69) is 15.6 Å². The zero-order valence-corrected chi connectivity index (χ0v) is 18.7. The molecule has 1 aromatic heterocycles. The highest BCUT2D eigenvalue weighted by molar-refractivity contribution is 6.10. The minimum Gasteiger partial charge on any atom is -0.497 e. The third-order valence-corrected chi connectivity index (χ3v) is 5.09. The molecule has 35 heavy (non-hydrogen) atoms. The molecule has 7 nitrogen and oxygen atoms in total. The number of ether oxygens (including phenoxy) is 1. The van der Waals surface area contributed by atoms with E-state index < -0.39 is 17.5 Å². The molecule has 0 bridgehead atoms. The monoisotopic (exact) mass is 477 g/mol. The van der Waals surface area contributed by atoms with Crippen LogP contribution < -0.4 is 15.4 Å². The predicted molar refractivity (Wildman–Crippen MR) is 126 cm³/mol. The Hall–Kier alpha value is -4.53. The Morgan fingerprint density at radius 3 is 2.63 bits per heavy atom. The first kappa shape index (κ1) is 23.6. The van der Waals surface area contributed by atoms with E-state index in [1.165, 1.54) is 19.4 Å². The summed E-state index contributed by atoms with van der Waals surface area (Å²) in [5.41, 5.74) is 1.26. The number of methoxy groups -OCH3 is 1. The molecule has 0 aliphatic rings. The maximum Gasteiger partial charge on any atom is 0.257 e. The molecule has 0 aliphatic heterocycles. The standard InChI is InChI=1S/C26H21F2N3O4/c1-34-18-6-4-5-17(14-18)30-26(33)20-7-2-3-8-22(20)31-24(32)11-12-25-29-15-23(35-25)19-10-9-16(27)13-21(19)28/h2-10,13-15H,11-12H2,1H3,(H,30,33)(H,31,32). The summed E-state index contributed by atoms with van der Waals surface area (Å²) in [6, 6.07) is 16.7. The van der Waals surface area contributed by atoms with E-state index in [-0.39, 0.29) is 41.5 Å². The van der Waals surface area contributed by atoms with Crippen LogP contribution >= 0.6 is 0 Å². The van der Waals surface area contributed by atoms with Crippen LogP contribution in [0.15, 0.2) is 77.3 Å². The van der Waals surface area contributed by atoms with Crippen molar-refractivity contribution >= 4 is 23.2 Å². The van der Waals surface area contributed by atoms with E-state index in [4.69, 9.17) is 9.15 Å². The van der Waals surface area contributed by atoms with E-state index in [0.29, 0.717) is 17.1 Å². The lowest BCUT2D eigenvalue weighted by Gasteiger charge is -2.12. The Kier molecular flexibility index (Phi) is 7.15. The average molecular weight is 477 g/mol. The van der Waals surface area contributed by atoms with Crippen LogP contribution in [0, 0.1) is 11.6 Å². The zero-order chi connectivity index (χ0) is 24.8. The van der Waals surface area contributed by atoms with Crippen molar-refractivity contribution in [2.45, 2.75) is 12.8 Å². The number of benzene rings is 3. The topological polar surface area (TPSA) is 93.5 Å². The van der Waals surface area contributed by atoms with Gasteiger partial charge in [0.25, 0.3) is 5.91 Å². The number of amides is 2. The van der Waals surface area contributed by atoms with Crippen LogP contribution in [-0.2, 0) is 11.2 Å². The van der Waals surface area contributed by atoms with Gasteiger partial charge in [0.05, 0.1) is 30.1 Å². The molecule has 0 unspecified atom stereocenters. The van der Waals surface area contributed by atoms with Gasteiger partial charge in [0.2, 0.25) is 5.91 Å². The van der Waals surface area contributed by atoms with E-state index in [9.17, 15) is 18.4 Å². The molecule has 9 heteroatoms. The van der Waals surface area contributed by atoms with Crippen molar-refractivity contribution in [3.8, 4) is 17.1 Å². The van der Waals surface area contributed by atoms with Crippen molar-refractivity contribution in [3.63, 3.8) is 0 Å². The van der Waals surface area contributed by atoms with Gasteiger partial charge in [-0.25, -0.2) is 13.8 Å². The summed E-state index contributed by atoms with van der Waals surface area (Å²) in [6.45, 7) is 0. The van der Waals surface area contributed by atoms with Gasteiger partial charge in [-0.2, -0.15) is 0 Å². The van der Waals surface area contributed by atoms with Gasteiger partial charge in [-0.05, 0) is 36.4 Å². The second kappa shape index (κ2) is 10.6. The van der Waals surface area contributed by atoms with Gasteiger partial charge in [-0.1, -0.05) is 18.2 Å². The molecule has 0 radical (unpaired) electrons. The number of hydrogen-bond donors (Lipinski definition) is 2. The van der Waals surface area contributed by atoms with Crippen LogP contribution in [0.25, 0.3) is 11.3 Å². The summed E-state index contributed by atoms with van der Waals surface area (Å²) in [7, 11) is 1.53. The molecule has 0 spiro atoms. The molecular weight excluding hydrogens is 456 g/mol. The lowest BCUT2D eigenvalue weighted by Crippen LogP contribution is -2.18. The van der Waals surface area contributed by atoms with Crippen LogP contribution in [0.3, 0.4) is 0 Å². The number of oxazole rings is 1. The fourth-order valence-electron chi connectivity index (χ4n) is 3.36. The summed E-state index contributed by atoms with van der Waals surface area (Å²) in [4.78, 5) is 29.4. The van der Waals surface area contributed by atoms with E-state index in [1.807, 2.05) is 0 Å². The molecule has 1 heterocycles. The van der Waals surface area contributed by atoms with Crippen molar-refractivity contribution in [3.05, 3.63) is 96.0 Å². The Morgan fingerprint density at radius 1 is 1.00 bits per heavy atom. The molecule has 2 N–H and O–H groups in total. The van der Waals surface area contributed by atoms with E-state index >= 15 is 0 Å². The maximum absolute atomic E-state index is 13.9. The lowest BCUT2D eigenvalue weighted by molar-refractivity contribution is -0.116. The number of carbonyl (C=O) groups excluding carboxylic acids is 2. The molecule has 0 atom stereocenters. The molecule has 4 rings (SSSR count). The highest BCUT2D eigenvalue weighted by atomic mass is 19.1. The normalized spacial score (nSPS) is 10.6. The molecule has 3 aromatic carbocycles. The van der Waals surface area contributed by atoms with Gasteiger partial charge in [0.15, 0.2) is 11.7 Å². The fourth-order valence-corrected chi connectivity index (χ4v) is 3.36.